The van der Waals surface area contributed by atoms with Crippen LogP contribution in [0.2, 0.25) is 0 Å². The quantitative estimate of drug-likeness (QED) is 0.391. The van der Waals surface area contributed by atoms with Crippen LogP contribution in [0.1, 0.15) is 59.2 Å². The number of imidazole rings is 1. The van der Waals surface area contributed by atoms with E-state index in [4.69, 9.17) is 4.98 Å². The van der Waals surface area contributed by atoms with Crippen molar-refractivity contribution in [1.82, 2.24) is 23.6 Å². The largest absolute Gasteiger partial charge is 0.328 e. The van der Waals surface area contributed by atoms with E-state index in [1.807, 2.05) is 24.6 Å². The molecule has 0 aliphatic carbocycles. The molecule has 0 bridgehead atoms. The first-order chi connectivity index (χ1) is 16.3. The third kappa shape index (κ3) is 5.67. The number of rotatable bonds is 13. The van der Waals surface area contributed by atoms with Crippen LogP contribution in [-0.2, 0) is 34.3 Å². The number of hydrogen-bond acceptors (Lipinski definition) is 5. The second-order valence-electron chi connectivity index (χ2n) is 8.26. The minimum atomic E-state index is -3.56. The highest BCUT2D eigenvalue weighted by Gasteiger charge is 2.23. The molecule has 0 aliphatic rings. The number of benzene rings is 1. The number of nitrogens with zero attached hydrogens (tertiary/aromatic N) is 5. The van der Waals surface area contributed by atoms with Gasteiger partial charge >= 0.3 is 0 Å². The molecule has 2 heterocycles. The predicted molar refractivity (Wildman–Crippen MR) is 134 cm³/mol. The van der Waals surface area contributed by atoms with Gasteiger partial charge in [0.1, 0.15) is 11.6 Å². The SMILES string of the molecule is CCCCn1nccc1NC(=O)CCc1nc2cc(S(=O)(=O)N(CC)CC)ccc2n1CCC. The summed E-state index contributed by atoms with van der Waals surface area (Å²) in [5, 5.41) is 7.23. The van der Waals surface area contributed by atoms with E-state index in [0.717, 1.165) is 43.7 Å². The standard InChI is InChI=1S/C24H36N6O3S/c1-5-9-17-30-23(14-15-25-30)27-24(31)13-12-22-26-20-18-19(34(32,33)28(7-3)8-4)10-11-21(20)29(22)16-6-2/h10-11,14-15,18H,5-9,12-13,16-17H2,1-4H3,(H,27,31). The van der Waals surface area contributed by atoms with Gasteiger partial charge in [-0.1, -0.05) is 34.1 Å². The van der Waals surface area contributed by atoms with Gasteiger partial charge < -0.3 is 9.88 Å². The Balaban J connectivity index is 1.80. The van der Waals surface area contributed by atoms with Gasteiger partial charge in [-0.25, -0.2) is 18.1 Å². The molecule has 1 N–H and O–H groups in total. The number of nitrogens with one attached hydrogen (secondary N) is 1. The fourth-order valence-electron chi connectivity index (χ4n) is 4.05. The van der Waals surface area contributed by atoms with Crippen molar-refractivity contribution >= 4 is 32.8 Å². The molecule has 0 radical (unpaired) electrons. The number of amides is 1. The van der Waals surface area contributed by atoms with Gasteiger partial charge in [-0.2, -0.15) is 9.40 Å². The van der Waals surface area contributed by atoms with Crippen molar-refractivity contribution in [3.8, 4) is 0 Å². The Morgan fingerprint density at radius 3 is 2.50 bits per heavy atom. The van der Waals surface area contributed by atoms with Crippen molar-refractivity contribution < 1.29 is 13.2 Å². The lowest BCUT2D eigenvalue weighted by atomic mass is 10.2. The summed E-state index contributed by atoms with van der Waals surface area (Å²) < 4.78 is 31.2. The molecule has 0 aliphatic heterocycles. The van der Waals surface area contributed by atoms with Crippen LogP contribution in [0.15, 0.2) is 35.4 Å². The Morgan fingerprint density at radius 2 is 1.82 bits per heavy atom. The minimum absolute atomic E-state index is 0.0989. The zero-order valence-electron chi connectivity index (χ0n) is 20.6. The monoisotopic (exact) mass is 488 g/mol. The molecule has 0 fully saturated rings. The number of fused-ring (bicyclic) bond motifs is 1. The van der Waals surface area contributed by atoms with E-state index in [2.05, 4.69) is 28.8 Å². The summed E-state index contributed by atoms with van der Waals surface area (Å²) in [4.78, 5) is 17.6. The average Bonchev–Trinajstić information content (AvgIpc) is 3.40. The molecule has 3 rings (SSSR count). The van der Waals surface area contributed by atoms with E-state index in [0.29, 0.717) is 30.8 Å². The molecule has 2 aromatic heterocycles. The van der Waals surface area contributed by atoms with Gasteiger partial charge in [0.15, 0.2) is 0 Å². The smallest absolute Gasteiger partial charge is 0.243 e. The first kappa shape index (κ1) is 25.9. The fraction of sp³-hybridized carbons (Fsp3) is 0.542. The number of hydrogen-bond donors (Lipinski definition) is 1. The van der Waals surface area contributed by atoms with Crippen LogP contribution in [0.25, 0.3) is 11.0 Å². The van der Waals surface area contributed by atoms with Crippen molar-refractivity contribution in [3.63, 3.8) is 0 Å². The maximum atomic E-state index is 12.9. The van der Waals surface area contributed by atoms with E-state index in [1.165, 1.54) is 4.31 Å². The molecule has 9 nitrogen and oxygen atoms in total. The number of aryl methyl sites for hydroxylation is 3. The molecule has 1 aromatic carbocycles. The molecule has 0 saturated carbocycles. The summed E-state index contributed by atoms with van der Waals surface area (Å²) in [6, 6.07) is 6.92. The van der Waals surface area contributed by atoms with Gasteiger partial charge in [-0.3, -0.25) is 4.79 Å². The number of sulfonamides is 1. The molecule has 10 heteroatoms. The summed E-state index contributed by atoms with van der Waals surface area (Å²) in [6.45, 7) is 10.2. The van der Waals surface area contributed by atoms with Crippen molar-refractivity contribution in [1.29, 1.82) is 0 Å². The van der Waals surface area contributed by atoms with Crippen LogP contribution < -0.4 is 5.32 Å². The van der Waals surface area contributed by atoms with Crippen molar-refractivity contribution in [2.75, 3.05) is 18.4 Å². The lowest BCUT2D eigenvalue weighted by Crippen LogP contribution is -2.30. The van der Waals surface area contributed by atoms with Gasteiger partial charge in [0.25, 0.3) is 0 Å². The Hall–Kier alpha value is -2.72. The highest BCUT2D eigenvalue weighted by molar-refractivity contribution is 7.89. The molecule has 34 heavy (non-hydrogen) atoms. The highest BCUT2D eigenvalue weighted by atomic mass is 32.2. The van der Waals surface area contributed by atoms with E-state index >= 15 is 0 Å². The van der Waals surface area contributed by atoms with Gasteiger partial charge in [0.2, 0.25) is 15.9 Å². The van der Waals surface area contributed by atoms with Crippen LogP contribution in [0.4, 0.5) is 5.82 Å². The molecule has 0 saturated heterocycles. The summed E-state index contributed by atoms with van der Waals surface area (Å²) in [6.07, 6.45) is 5.38. The van der Waals surface area contributed by atoms with E-state index in [-0.39, 0.29) is 17.2 Å². The van der Waals surface area contributed by atoms with Crippen LogP contribution in [0.3, 0.4) is 0 Å². The third-order valence-corrected chi connectivity index (χ3v) is 7.92. The van der Waals surface area contributed by atoms with E-state index in [9.17, 15) is 13.2 Å². The van der Waals surface area contributed by atoms with Crippen LogP contribution in [0.5, 0.6) is 0 Å². The summed E-state index contributed by atoms with van der Waals surface area (Å²) in [5.41, 5.74) is 1.52. The Morgan fingerprint density at radius 1 is 1.06 bits per heavy atom. The first-order valence-electron chi connectivity index (χ1n) is 12.2. The average molecular weight is 489 g/mol. The molecule has 3 aromatic rings. The Bertz CT molecular complexity index is 1210. The molecular formula is C24H36N6O3S. The molecule has 0 atom stereocenters. The second kappa shape index (κ2) is 11.6. The topological polar surface area (TPSA) is 102 Å². The molecule has 186 valence electrons. The molecule has 0 spiro atoms. The Labute approximate surface area is 202 Å². The van der Waals surface area contributed by atoms with Crippen LogP contribution >= 0.6 is 0 Å². The zero-order chi connectivity index (χ0) is 24.7. The van der Waals surface area contributed by atoms with Crippen LogP contribution in [0, 0.1) is 0 Å². The maximum absolute atomic E-state index is 12.9. The van der Waals surface area contributed by atoms with Gasteiger partial charge in [-0.05, 0) is 31.0 Å². The number of aromatic nitrogens is 4. The first-order valence-corrected chi connectivity index (χ1v) is 13.6. The number of carbonyl (C=O) groups excluding carboxylic acids is 1. The lowest BCUT2D eigenvalue weighted by Gasteiger charge is -2.18. The van der Waals surface area contributed by atoms with Gasteiger partial charge in [0, 0.05) is 45.1 Å². The lowest BCUT2D eigenvalue weighted by molar-refractivity contribution is -0.116. The fourth-order valence-corrected chi connectivity index (χ4v) is 5.53. The third-order valence-electron chi connectivity index (χ3n) is 5.87. The molecule has 0 unspecified atom stereocenters. The van der Waals surface area contributed by atoms with Crippen LogP contribution in [-0.4, -0.2) is 51.1 Å². The van der Waals surface area contributed by atoms with Gasteiger partial charge in [0.05, 0.1) is 22.1 Å². The molecule has 1 amide bonds. The number of anilines is 1. The summed E-state index contributed by atoms with van der Waals surface area (Å²) in [7, 11) is -3.56. The highest BCUT2D eigenvalue weighted by Crippen LogP contribution is 2.24. The van der Waals surface area contributed by atoms with Crippen molar-refractivity contribution in [2.45, 2.75) is 77.8 Å². The zero-order valence-corrected chi connectivity index (χ0v) is 21.4. The summed E-state index contributed by atoms with van der Waals surface area (Å²) in [5.74, 6) is 1.38. The Kier molecular flexibility index (Phi) is 8.84. The maximum Gasteiger partial charge on any atom is 0.243 e. The van der Waals surface area contributed by atoms with Crippen molar-refractivity contribution in [2.24, 2.45) is 0 Å². The normalized spacial score (nSPS) is 12.0. The van der Waals surface area contributed by atoms with E-state index < -0.39 is 10.0 Å². The second-order valence-corrected chi connectivity index (χ2v) is 10.2. The number of unbranched alkanes of at least 4 members (excludes halogenated alkanes) is 1. The van der Waals surface area contributed by atoms with Gasteiger partial charge in [-0.15, -0.1) is 0 Å². The summed E-state index contributed by atoms with van der Waals surface area (Å²) >= 11 is 0. The number of carbonyl (C=O) groups is 1. The minimum Gasteiger partial charge on any atom is -0.328 e. The predicted octanol–water partition coefficient (Wildman–Crippen LogP) is 4.04. The van der Waals surface area contributed by atoms with E-state index in [1.54, 1.807) is 24.4 Å². The molecular weight excluding hydrogens is 452 g/mol. The van der Waals surface area contributed by atoms with Crippen molar-refractivity contribution in [3.05, 3.63) is 36.3 Å².